The van der Waals surface area contributed by atoms with Crippen LogP contribution >= 0.6 is 22.6 Å². The first-order valence-electron chi connectivity index (χ1n) is 6.90. The van der Waals surface area contributed by atoms with Crippen LogP contribution in [0.3, 0.4) is 0 Å². The molecule has 0 radical (unpaired) electrons. The monoisotopic (exact) mass is 383 g/mol. The van der Waals surface area contributed by atoms with Gasteiger partial charge < -0.3 is 10.1 Å². The van der Waals surface area contributed by atoms with Crippen LogP contribution in [0.15, 0.2) is 24.3 Å². The number of rotatable bonds is 2. The van der Waals surface area contributed by atoms with E-state index in [2.05, 4.69) is 27.9 Å². The predicted octanol–water partition coefficient (Wildman–Crippen LogP) is 2.43. The molecule has 1 saturated heterocycles. The first-order chi connectivity index (χ1) is 9.63. The fourth-order valence-corrected chi connectivity index (χ4v) is 4.48. The molecule has 2 saturated carbocycles. The summed E-state index contributed by atoms with van der Waals surface area (Å²) in [6, 6.07) is 7.69. The van der Waals surface area contributed by atoms with Gasteiger partial charge in [-0.15, -0.1) is 0 Å². The van der Waals surface area contributed by atoms with Crippen molar-refractivity contribution in [3.8, 4) is 0 Å². The average molecular weight is 383 g/mol. The van der Waals surface area contributed by atoms with Gasteiger partial charge in [-0.05, 0) is 65.6 Å². The largest absolute Gasteiger partial charge is 0.462 e. The molecule has 1 aromatic carbocycles. The zero-order valence-corrected chi connectivity index (χ0v) is 12.9. The molecule has 4 rings (SSSR count). The molecule has 4 nitrogen and oxygen atoms in total. The van der Waals surface area contributed by atoms with Gasteiger partial charge in [0, 0.05) is 15.2 Å². The van der Waals surface area contributed by atoms with Crippen LogP contribution in [0.5, 0.6) is 0 Å². The normalized spacial score (nSPS) is 37.0. The summed E-state index contributed by atoms with van der Waals surface area (Å²) >= 11 is 2.23. The third-order valence-electron chi connectivity index (χ3n) is 4.90. The van der Waals surface area contributed by atoms with Crippen LogP contribution < -0.4 is 5.32 Å². The van der Waals surface area contributed by atoms with Gasteiger partial charge in [-0.3, -0.25) is 9.59 Å². The van der Waals surface area contributed by atoms with E-state index in [1.165, 1.54) is 0 Å². The van der Waals surface area contributed by atoms with E-state index in [1.807, 2.05) is 24.3 Å². The van der Waals surface area contributed by atoms with Crippen molar-refractivity contribution in [1.29, 1.82) is 0 Å². The Bertz CT molecular complexity index is 583. The number of ether oxygens (including phenoxy) is 1. The molecule has 104 valence electrons. The van der Waals surface area contributed by atoms with Gasteiger partial charge in [0.15, 0.2) is 0 Å². The van der Waals surface area contributed by atoms with Crippen LogP contribution in [-0.2, 0) is 14.3 Å². The first kappa shape index (κ1) is 12.6. The van der Waals surface area contributed by atoms with Crippen LogP contribution in [0.1, 0.15) is 12.8 Å². The molecule has 3 fully saturated rings. The smallest absolute Gasteiger partial charge is 0.310 e. The molecular formula is C15H14INO3. The summed E-state index contributed by atoms with van der Waals surface area (Å²) in [6.45, 7) is 0. The molecule has 20 heavy (non-hydrogen) atoms. The van der Waals surface area contributed by atoms with Crippen molar-refractivity contribution in [1.82, 2.24) is 0 Å². The van der Waals surface area contributed by atoms with Crippen LogP contribution in [-0.4, -0.2) is 18.0 Å². The molecule has 0 aromatic heterocycles. The van der Waals surface area contributed by atoms with Gasteiger partial charge in [0.25, 0.3) is 0 Å². The van der Waals surface area contributed by atoms with Crippen molar-refractivity contribution in [2.75, 3.05) is 5.32 Å². The second-order valence-corrected chi connectivity index (χ2v) is 7.16. The van der Waals surface area contributed by atoms with Crippen molar-refractivity contribution >= 4 is 40.2 Å². The maximum atomic E-state index is 12.5. The molecule has 0 unspecified atom stereocenters. The number of hydrogen-bond acceptors (Lipinski definition) is 3. The quantitative estimate of drug-likeness (QED) is 0.631. The van der Waals surface area contributed by atoms with E-state index in [-0.39, 0.29) is 35.7 Å². The molecule has 5 heteroatoms. The van der Waals surface area contributed by atoms with Gasteiger partial charge in [-0.25, -0.2) is 0 Å². The lowest BCUT2D eigenvalue weighted by Gasteiger charge is -2.23. The third-order valence-corrected chi connectivity index (χ3v) is 5.62. The molecule has 1 N–H and O–H groups in total. The van der Waals surface area contributed by atoms with Crippen LogP contribution in [0.2, 0.25) is 0 Å². The number of anilines is 1. The van der Waals surface area contributed by atoms with Crippen molar-refractivity contribution in [2.24, 2.45) is 23.7 Å². The van der Waals surface area contributed by atoms with Gasteiger partial charge >= 0.3 is 5.97 Å². The Labute approximate surface area is 130 Å². The standard InChI is InChI=1S/C15H14INO3/c16-8-1-3-9(4-2-8)17-14(18)12-7-5-10-11(6-7)20-15(19)13(10)12/h1-4,7,10-13H,5-6H2,(H,17,18)/t7-,10+,11+,12-,13-/m1/s1. The number of esters is 1. The second-order valence-electron chi connectivity index (χ2n) is 5.92. The Morgan fingerprint density at radius 3 is 2.75 bits per heavy atom. The summed E-state index contributed by atoms with van der Waals surface area (Å²) in [4.78, 5) is 24.4. The fourth-order valence-electron chi connectivity index (χ4n) is 4.12. The van der Waals surface area contributed by atoms with Crippen molar-refractivity contribution in [3.05, 3.63) is 27.8 Å². The summed E-state index contributed by atoms with van der Waals surface area (Å²) < 4.78 is 6.49. The summed E-state index contributed by atoms with van der Waals surface area (Å²) in [7, 11) is 0. The van der Waals surface area contributed by atoms with Crippen molar-refractivity contribution < 1.29 is 14.3 Å². The lowest BCUT2D eigenvalue weighted by atomic mass is 9.79. The van der Waals surface area contributed by atoms with Crippen LogP contribution in [0.25, 0.3) is 0 Å². The minimum atomic E-state index is -0.206. The molecule has 1 aliphatic heterocycles. The zero-order chi connectivity index (χ0) is 13.9. The van der Waals surface area contributed by atoms with Crippen molar-refractivity contribution in [2.45, 2.75) is 18.9 Å². The fraction of sp³-hybridized carbons (Fsp3) is 0.467. The molecule has 1 aromatic rings. The lowest BCUT2D eigenvalue weighted by Crippen LogP contribution is -2.35. The summed E-state index contributed by atoms with van der Waals surface area (Å²) in [5, 5.41) is 2.95. The van der Waals surface area contributed by atoms with E-state index in [0.29, 0.717) is 5.92 Å². The Balaban J connectivity index is 1.54. The molecule has 2 aliphatic carbocycles. The SMILES string of the molecule is O=C(Nc1ccc(I)cc1)[C@@H]1[C@@H]2C[C@@H]3[C@H]1C(=O)O[C@H]3C2. The minimum absolute atomic E-state index is 0.0268. The number of fused-ring (bicyclic) bond motifs is 1. The molecule has 1 heterocycles. The highest BCUT2D eigenvalue weighted by Crippen LogP contribution is 2.57. The Morgan fingerprint density at radius 2 is 2.00 bits per heavy atom. The van der Waals surface area contributed by atoms with E-state index in [9.17, 15) is 9.59 Å². The molecular weight excluding hydrogens is 369 g/mol. The predicted molar refractivity (Wildman–Crippen MR) is 80.9 cm³/mol. The number of halogens is 1. The summed E-state index contributed by atoms with van der Waals surface area (Å²) in [5.41, 5.74) is 0.793. The second kappa shape index (κ2) is 4.44. The number of benzene rings is 1. The number of amides is 1. The number of hydrogen-bond donors (Lipinski definition) is 1. The number of carbonyl (C=O) groups is 2. The summed E-state index contributed by atoms with van der Waals surface area (Å²) in [6.07, 6.45) is 1.91. The van der Waals surface area contributed by atoms with Gasteiger partial charge in [0.05, 0.1) is 11.8 Å². The van der Waals surface area contributed by atoms with E-state index >= 15 is 0 Å². The molecule has 2 bridgehead atoms. The third kappa shape index (κ3) is 1.78. The van der Waals surface area contributed by atoms with E-state index in [1.54, 1.807) is 0 Å². The topological polar surface area (TPSA) is 55.4 Å². The summed E-state index contributed by atoms with van der Waals surface area (Å²) in [5.74, 6) is -0.0119. The van der Waals surface area contributed by atoms with Crippen LogP contribution in [0.4, 0.5) is 5.69 Å². The molecule has 0 spiro atoms. The van der Waals surface area contributed by atoms with E-state index in [4.69, 9.17) is 4.74 Å². The van der Waals surface area contributed by atoms with Gasteiger partial charge in [0.2, 0.25) is 5.91 Å². The Morgan fingerprint density at radius 1 is 1.25 bits per heavy atom. The van der Waals surface area contributed by atoms with E-state index < -0.39 is 0 Å². The Hall–Kier alpha value is -1.11. The number of carbonyl (C=O) groups excluding carboxylic acids is 2. The number of nitrogens with one attached hydrogen (secondary N) is 1. The maximum Gasteiger partial charge on any atom is 0.310 e. The van der Waals surface area contributed by atoms with Crippen LogP contribution in [0, 0.1) is 27.2 Å². The first-order valence-corrected chi connectivity index (χ1v) is 7.98. The van der Waals surface area contributed by atoms with Crippen molar-refractivity contribution in [3.63, 3.8) is 0 Å². The minimum Gasteiger partial charge on any atom is -0.462 e. The highest BCUT2D eigenvalue weighted by molar-refractivity contribution is 14.1. The highest BCUT2D eigenvalue weighted by atomic mass is 127. The molecule has 1 amide bonds. The molecule has 3 aliphatic rings. The highest BCUT2D eigenvalue weighted by Gasteiger charge is 2.63. The Kier molecular flexibility index (Phi) is 2.80. The van der Waals surface area contributed by atoms with Gasteiger partial charge in [-0.1, -0.05) is 0 Å². The zero-order valence-electron chi connectivity index (χ0n) is 10.7. The average Bonchev–Trinajstić information content (AvgIpc) is 3.02. The lowest BCUT2D eigenvalue weighted by molar-refractivity contribution is -0.145. The van der Waals surface area contributed by atoms with Gasteiger partial charge in [-0.2, -0.15) is 0 Å². The van der Waals surface area contributed by atoms with E-state index in [0.717, 1.165) is 22.1 Å². The van der Waals surface area contributed by atoms with Gasteiger partial charge in [0.1, 0.15) is 6.10 Å². The maximum absolute atomic E-state index is 12.5. The molecule has 5 atom stereocenters.